The molecule has 2 aromatic rings. The van der Waals surface area contributed by atoms with Crippen molar-refractivity contribution in [2.45, 2.75) is 58.6 Å². The Bertz CT molecular complexity index is 1060. The molecule has 2 atom stereocenters. The van der Waals surface area contributed by atoms with E-state index in [9.17, 15) is 4.79 Å². The molecule has 0 aromatic heterocycles. The number of nitrogens with one attached hydrogen (secondary N) is 1. The lowest BCUT2D eigenvalue weighted by Crippen LogP contribution is -2.53. The van der Waals surface area contributed by atoms with Gasteiger partial charge in [0.2, 0.25) is 0 Å². The average Bonchev–Trinajstić information content (AvgIpc) is 2.83. The van der Waals surface area contributed by atoms with Crippen LogP contribution in [0.2, 0.25) is 5.02 Å². The van der Waals surface area contributed by atoms with Gasteiger partial charge in [-0.1, -0.05) is 49.7 Å². The van der Waals surface area contributed by atoms with E-state index in [1.165, 1.54) is 11.1 Å². The van der Waals surface area contributed by atoms with Crippen molar-refractivity contribution >= 4 is 17.7 Å². The maximum atomic E-state index is 13.0. The molecule has 1 aliphatic carbocycles. The highest BCUT2D eigenvalue weighted by molar-refractivity contribution is 6.32. The molecule has 182 valence electrons. The van der Waals surface area contributed by atoms with Crippen LogP contribution in [0.25, 0.3) is 11.1 Å². The number of carbonyl (C=O) groups excluding carboxylic acids is 1. The van der Waals surface area contributed by atoms with Crippen LogP contribution in [-0.2, 0) is 11.2 Å². The normalized spacial score (nSPS) is 27.1. The van der Waals surface area contributed by atoms with Crippen LogP contribution in [-0.4, -0.2) is 43.3 Å². The van der Waals surface area contributed by atoms with Crippen LogP contribution in [0.1, 0.15) is 57.2 Å². The summed E-state index contributed by atoms with van der Waals surface area (Å²) in [5, 5.41) is 3.86. The highest BCUT2D eigenvalue weighted by atomic mass is 35.5. The number of amides is 1. The Morgan fingerprint density at radius 2 is 1.88 bits per heavy atom. The molecule has 3 fully saturated rings. The molecule has 3 saturated heterocycles. The van der Waals surface area contributed by atoms with E-state index in [4.69, 9.17) is 21.1 Å². The molecular weight excluding hydrogens is 448 g/mol. The van der Waals surface area contributed by atoms with Crippen molar-refractivity contribution < 1.29 is 14.3 Å². The second-order valence-electron chi connectivity index (χ2n) is 10.6. The molecule has 0 radical (unpaired) electrons. The largest absolute Gasteiger partial charge is 0.492 e. The van der Waals surface area contributed by atoms with Gasteiger partial charge >= 0.3 is 6.09 Å². The van der Waals surface area contributed by atoms with Crippen LogP contribution in [0.15, 0.2) is 36.4 Å². The lowest BCUT2D eigenvalue weighted by Gasteiger charge is -2.44. The minimum atomic E-state index is -0.285. The highest BCUT2D eigenvalue weighted by Gasteiger charge is 2.40. The highest BCUT2D eigenvalue weighted by Crippen LogP contribution is 2.45. The van der Waals surface area contributed by atoms with Gasteiger partial charge in [-0.2, -0.15) is 0 Å². The number of carbonyl (C=O) groups is 1. The van der Waals surface area contributed by atoms with E-state index >= 15 is 0 Å². The van der Waals surface area contributed by atoms with E-state index < -0.39 is 0 Å². The molecule has 6 heteroatoms. The summed E-state index contributed by atoms with van der Waals surface area (Å²) in [5.41, 5.74) is 4.59. The summed E-state index contributed by atoms with van der Waals surface area (Å²) >= 11 is 6.43. The first-order valence-corrected chi connectivity index (χ1v) is 13.0. The Balaban J connectivity index is 1.34. The molecule has 3 heterocycles. The van der Waals surface area contributed by atoms with E-state index in [-0.39, 0.29) is 23.7 Å². The first-order valence-electron chi connectivity index (χ1n) is 12.6. The van der Waals surface area contributed by atoms with Gasteiger partial charge in [0.05, 0.1) is 17.7 Å². The third-order valence-electron chi connectivity index (χ3n) is 7.96. The summed E-state index contributed by atoms with van der Waals surface area (Å²) in [5.74, 6) is 1.21. The summed E-state index contributed by atoms with van der Waals surface area (Å²) in [4.78, 5) is 15.4. The Morgan fingerprint density at radius 3 is 2.56 bits per heavy atom. The second-order valence-corrected chi connectivity index (χ2v) is 11.0. The predicted octanol–water partition coefficient (Wildman–Crippen LogP) is 6.24. The fourth-order valence-corrected chi connectivity index (χ4v) is 6.10. The maximum Gasteiger partial charge on any atom is 0.407 e. The topological polar surface area (TPSA) is 50.8 Å². The van der Waals surface area contributed by atoms with Gasteiger partial charge in [0.25, 0.3) is 0 Å². The molecule has 0 spiro atoms. The van der Waals surface area contributed by atoms with Crippen LogP contribution in [0.4, 0.5) is 4.79 Å². The summed E-state index contributed by atoms with van der Waals surface area (Å²) in [7, 11) is 0. The number of piperidine rings is 3. The Morgan fingerprint density at radius 1 is 1.15 bits per heavy atom. The van der Waals surface area contributed by atoms with Crippen molar-refractivity contribution in [1.82, 2.24) is 10.2 Å². The lowest BCUT2D eigenvalue weighted by atomic mass is 9.70. The minimum absolute atomic E-state index is 0.0143. The quantitative estimate of drug-likeness (QED) is 0.548. The molecule has 34 heavy (non-hydrogen) atoms. The number of alkyl carbamates (subject to hydrolysis) is 1. The number of benzene rings is 2. The van der Waals surface area contributed by atoms with Crippen LogP contribution in [0.5, 0.6) is 5.75 Å². The van der Waals surface area contributed by atoms with Gasteiger partial charge in [0.15, 0.2) is 0 Å². The Labute approximate surface area is 207 Å². The molecule has 5 nitrogen and oxygen atoms in total. The van der Waals surface area contributed by atoms with Gasteiger partial charge in [-0.05, 0) is 91.4 Å². The molecular formula is C28H35ClN2O3. The third kappa shape index (κ3) is 4.65. The zero-order valence-electron chi connectivity index (χ0n) is 20.4. The molecule has 2 aromatic carbocycles. The summed E-state index contributed by atoms with van der Waals surface area (Å²) in [6.45, 7) is 10.1. The van der Waals surface area contributed by atoms with Gasteiger partial charge in [-0.3, -0.25) is 4.90 Å². The number of nitrogens with zero attached hydrogens (tertiary/aromatic N) is 1. The minimum Gasteiger partial charge on any atom is -0.492 e. The van der Waals surface area contributed by atoms with Gasteiger partial charge < -0.3 is 14.8 Å². The van der Waals surface area contributed by atoms with E-state index in [0.717, 1.165) is 56.4 Å². The van der Waals surface area contributed by atoms with Crippen LogP contribution in [0.3, 0.4) is 0 Å². The first kappa shape index (κ1) is 23.5. The van der Waals surface area contributed by atoms with Crippen molar-refractivity contribution in [2.75, 3.05) is 26.2 Å². The van der Waals surface area contributed by atoms with E-state index in [1.54, 1.807) is 0 Å². The van der Waals surface area contributed by atoms with E-state index in [2.05, 4.69) is 42.3 Å². The first-order chi connectivity index (χ1) is 16.3. The number of aryl methyl sites for hydroxylation is 1. The molecule has 1 N–H and O–H groups in total. The zero-order chi connectivity index (χ0) is 23.9. The molecule has 6 rings (SSSR count). The third-order valence-corrected chi connectivity index (χ3v) is 8.25. The molecule has 1 unspecified atom stereocenters. The molecule has 4 aliphatic rings. The van der Waals surface area contributed by atoms with Crippen LogP contribution < -0.4 is 10.1 Å². The molecule has 3 aliphatic heterocycles. The number of hydrogen-bond acceptors (Lipinski definition) is 4. The van der Waals surface area contributed by atoms with E-state index in [1.807, 2.05) is 25.1 Å². The number of ether oxygens (including phenoxy) is 2. The smallest absolute Gasteiger partial charge is 0.407 e. The maximum absolute atomic E-state index is 13.0. The zero-order valence-corrected chi connectivity index (χ0v) is 21.2. The average molecular weight is 483 g/mol. The predicted molar refractivity (Wildman–Crippen MR) is 135 cm³/mol. The standard InChI is InChI=1S/C28H35ClN2O3/c1-4-33-24-8-6-20(16-23(24)29)19-5-7-22-21(15-19)9-12-28(2,3)26(22)30-27(32)34-25-17-31-13-10-18(25)11-14-31/h5-8,15-16,18,25-26H,4,9-14,17H2,1-3H3,(H,30,32)/t25-,26?/m0/s1. The fourth-order valence-electron chi connectivity index (χ4n) is 5.87. The Hall–Kier alpha value is -2.24. The summed E-state index contributed by atoms with van der Waals surface area (Å²) in [6.07, 6.45) is 3.97. The molecule has 2 bridgehead atoms. The molecule has 0 saturated carbocycles. The number of halogens is 1. The number of rotatable bonds is 5. The second kappa shape index (κ2) is 9.43. The van der Waals surface area contributed by atoms with Crippen molar-refractivity contribution in [2.24, 2.45) is 11.3 Å². The van der Waals surface area contributed by atoms with Crippen molar-refractivity contribution in [1.29, 1.82) is 0 Å². The van der Waals surface area contributed by atoms with Crippen molar-refractivity contribution in [3.63, 3.8) is 0 Å². The van der Waals surface area contributed by atoms with Gasteiger partial charge in [-0.15, -0.1) is 0 Å². The van der Waals surface area contributed by atoms with E-state index in [0.29, 0.717) is 23.3 Å². The van der Waals surface area contributed by atoms with Gasteiger partial charge in [0, 0.05) is 6.54 Å². The lowest BCUT2D eigenvalue weighted by molar-refractivity contribution is -0.0353. The SMILES string of the molecule is CCOc1ccc(-c2ccc3c(c2)CCC(C)(C)C3NC(=O)O[C@H]2CN3CCC2CC3)cc1Cl. The molecule has 1 amide bonds. The number of fused-ring (bicyclic) bond motifs is 4. The van der Waals surface area contributed by atoms with Gasteiger partial charge in [0.1, 0.15) is 11.9 Å². The Kier molecular flexibility index (Phi) is 6.51. The monoisotopic (exact) mass is 482 g/mol. The summed E-state index contributed by atoms with van der Waals surface area (Å²) in [6, 6.07) is 12.4. The van der Waals surface area contributed by atoms with Gasteiger partial charge in [-0.25, -0.2) is 4.79 Å². The number of hydrogen-bond donors (Lipinski definition) is 1. The fraction of sp³-hybridized carbons (Fsp3) is 0.536. The van der Waals surface area contributed by atoms with Crippen molar-refractivity contribution in [3.05, 3.63) is 52.5 Å². The van der Waals surface area contributed by atoms with Crippen LogP contribution >= 0.6 is 11.6 Å². The van der Waals surface area contributed by atoms with Crippen LogP contribution in [0, 0.1) is 11.3 Å². The summed E-state index contributed by atoms with van der Waals surface area (Å²) < 4.78 is 11.5. The van der Waals surface area contributed by atoms with Crippen molar-refractivity contribution in [3.8, 4) is 16.9 Å².